The van der Waals surface area contributed by atoms with Crippen LogP contribution in [0.1, 0.15) is 48.2 Å². The van der Waals surface area contributed by atoms with Crippen LogP contribution in [-0.2, 0) is 6.42 Å². The van der Waals surface area contributed by atoms with Crippen LogP contribution in [0.3, 0.4) is 0 Å². The Labute approximate surface area is 163 Å². The molecule has 1 aliphatic heterocycles. The summed E-state index contributed by atoms with van der Waals surface area (Å²) in [4.78, 5) is 20.1. The molecule has 0 saturated carbocycles. The van der Waals surface area contributed by atoms with Gasteiger partial charge in [0, 0.05) is 40.7 Å². The molecule has 0 unspecified atom stereocenters. The van der Waals surface area contributed by atoms with E-state index in [1.165, 1.54) is 0 Å². The van der Waals surface area contributed by atoms with Crippen LogP contribution in [0.4, 0.5) is 5.69 Å². The van der Waals surface area contributed by atoms with Crippen molar-refractivity contribution in [2.24, 2.45) is 10.4 Å². The van der Waals surface area contributed by atoms with Gasteiger partial charge in [-0.1, -0.05) is 20.8 Å². The van der Waals surface area contributed by atoms with Crippen molar-refractivity contribution in [2.45, 2.75) is 41.0 Å². The first-order valence-corrected chi connectivity index (χ1v) is 9.73. The van der Waals surface area contributed by atoms with E-state index < -0.39 is 0 Å². The largest absolute Gasteiger partial charge is 0.381 e. The Kier molecular flexibility index (Phi) is 5.15. The lowest BCUT2D eigenvalue weighted by molar-refractivity contribution is -0.385. The maximum atomic E-state index is 11.1. The fourth-order valence-corrected chi connectivity index (χ4v) is 3.79. The zero-order chi connectivity index (χ0) is 19.8. The van der Waals surface area contributed by atoms with Crippen LogP contribution in [-0.4, -0.2) is 22.2 Å². The summed E-state index contributed by atoms with van der Waals surface area (Å²) in [6.07, 6.45) is 2.56. The summed E-state index contributed by atoms with van der Waals surface area (Å²) >= 11 is 1.60. The second kappa shape index (κ2) is 7.23. The van der Waals surface area contributed by atoms with E-state index >= 15 is 0 Å². The zero-order valence-electron chi connectivity index (χ0n) is 16.3. The van der Waals surface area contributed by atoms with E-state index in [9.17, 15) is 10.1 Å². The number of aryl methyl sites for hydroxylation is 2. The highest BCUT2D eigenvalue weighted by atomic mass is 32.1. The molecule has 1 aromatic carbocycles. The fourth-order valence-electron chi connectivity index (χ4n) is 2.96. The molecule has 1 N–H and O–H groups in total. The molecular formula is C20H24N4O2S. The predicted octanol–water partition coefficient (Wildman–Crippen LogP) is 4.54. The molecule has 27 heavy (non-hydrogen) atoms. The highest BCUT2D eigenvalue weighted by Gasteiger charge is 2.21. The summed E-state index contributed by atoms with van der Waals surface area (Å²) in [5.74, 6) is 0. The number of nitro groups is 1. The number of aliphatic imine (C=N–C) groups is 1. The summed E-state index contributed by atoms with van der Waals surface area (Å²) in [6, 6.07) is 3.54. The molecule has 0 spiro atoms. The van der Waals surface area contributed by atoms with Gasteiger partial charge in [0.1, 0.15) is 0 Å². The molecule has 3 rings (SSSR count). The topological polar surface area (TPSA) is 80.4 Å². The monoisotopic (exact) mass is 384 g/mol. The predicted molar refractivity (Wildman–Crippen MR) is 110 cm³/mol. The Bertz CT molecular complexity index is 951. The fraction of sp³-hybridized carbons (Fsp3) is 0.400. The normalized spacial score (nSPS) is 14.4. The standard InChI is InChI=1S/C20H24N4O2S/c1-12-7-17(24(25)26)13(2)6-14(12)8-19-23-16(11-27-19)15-9-22-18(10-21-15)20(3,4)5/h6-7,10-11,22H,8-9H2,1-5H3. The van der Waals surface area contributed by atoms with Gasteiger partial charge in [-0.25, -0.2) is 4.98 Å². The summed E-state index contributed by atoms with van der Waals surface area (Å²) in [6.45, 7) is 10.8. The van der Waals surface area contributed by atoms with Crippen molar-refractivity contribution in [1.82, 2.24) is 10.3 Å². The van der Waals surface area contributed by atoms with Gasteiger partial charge in [0.15, 0.2) is 0 Å². The molecule has 0 amide bonds. The summed E-state index contributed by atoms with van der Waals surface area (Å²) in [7, 11) is 0. The van der Waals surface area contributed by atoms with Crippen LogP contribution in [0.25, 0.3) is 0 Å². The molecule has 0 bridgehead atoms. The first-order chi connectivity index (χ1) is 12.6. The van der Waals surface area contributed by atoms with Gasteiger partial charge in [-0.15, -0.1) is 11.3 Å². The average Bonchev–Trinajstić information content (AvgIpc) is 3.05. The average molecular weight is 385 g/mol. The number of nitrogens with one attached hydrogen (secondary N) is 1. The number of aromatic nitrogens is 1. The third kappa shape index (κ3) is 4.24. The summed E-state index contributed by atoms with van der Waals surface area (Å²) < 4.78 is 0. The summed E-state index contributed by atoms with van der Waals surface area (Å²) in [5.41, 5.74) is 5.83. The van der Waals surface area contributed by atoms with Crippen LogP contribution in [0.5, 0.6) is 0 Å². The molecule has 0 radical (unpaired) electrons. The molecule has 0 saturated heterocycles. The van der Waals surface area contributed by atoms with E-state index in [-0.39, 0.29) is 16.0 Å². The van der Waals surface area contributed by atoms with Crippen molar-refractivity contribution in [2.75, 3.05) is 6.54 Å². The summed E-state index contributed by atoms with van der Waals surface area (Å²) in [5, 5.41) is 17.5. The Hall–Kier alpha value is -2.54. The number of rotatable bonds is 4. The molecule has 7 heteroatoms. The van der Waals surface area contributed by atoms with E-state index in [1.54, 1.807) is 24.3 Å². The Morgan fingerprint density at radius 1 is 1.26 bits per heavy atom. The maximum Gasteiger partial charge on any atom is 0.272 e. The van der Waals surface area contributed by atoms with Crippen molar-refractivity contribution in [3.63, 3.8) is 0 Å². The van der Waals surface area contributed by atoms with E-state index in [1.807, 2.05) is 24.6 Å². The lowest BCUT2D eigenvalue weighted by Gasteiger charge is -2.26. The van der Waals surface area contributed by atoms with Gasteiger partial charge in [-0.2, -0.15) is 0 Å². The molecular weight excluding hydrogens is 360 g/mol. The number of thiazole rings is 1. The lowest BCUT2D eigenvalue weighted by atomic mass is 9.92. The van der Waals surface area contributed by atoms with Gasteiger partial charge >= 0.3 is 0 Å². The van der Waals surface area contributed by atoms with Crippen LogP contribution in [0, 0.1) is 29.4 Å². The second-order valence-corrected chi connectivity index (χ2v) is 8.79. The minimum Gasteiger partial charge on any atom is -0.381 e. The van der Waals surface area contributed by atoms with Crippen molar-refractivity contribution < 1.29 is 4.92 Å². The van der Waals surface area contributed by atoms with Crippen LogP contribution >= 0.6 is 11.3 Å². The third-order valence-electron chi connectivity index (χ3n) is 4.64. The minimum absolute atomic E-state index is 0.0492. The number of nitro benzene ring substituents is 1. The molecule has 2 heterocycles. The maximum absolute atomic E-state index is 11.1. The highest BCUT2D eigenvalue weighted by Crippen LogP contribution is 2.27. The van der Waals surface area contributed by atoms with E-state index in [4.69, 9.17) is 4.98 Å². The number of allylic oxidation sites excluding steroid dienone is 1. The Morgan fingerprint density at radius 3 is 2.59 bits per heavy atom. The molecule has 2 aromatic rings. The van der Waals surface area contributed by atoms with E-state index in [0.29, 0.717) is 18.5 Å². The molecule has 0 aliphatic carbocycles. The molecule has 142 valence electrons. The molecule has 1 aromatic heterocycles. The smallest absolute Gasteiger partial charge is 0.272 e. The van der Waals surface area contributed by atoms with Crippen LogP contribution in [0.2, 0.25) is 0 Å². The number of hydrogen-bond acceptors (Lipinski definition) is 6. The second-order valence-electron chi connectivity index (χ2n) is 7.85. The molecule has 0 fully saturated rings. The van der Waals surface area contributed by atoms with E-state index in [0.717, 1.165) is 33.2 Å². The van der Waals surface area contributed by atoms with Gasteiger partial charge in [-0.3, -0.25) is 15.1 Å². The third-order valence-corrected chi connectivity index (χ3v) is 5.49. The SMILES string of the molecule is Cc1cc([N+](=O)[O-])c(C)cc1Cc1nc(C2=NC=C(C(C)(C)C)NC2)cs1. The molecule has 0 atom stereocenters. The van der Waals surface area contributed by atoms with Gasteiger partial charge in [0.25, 0.3) is 5.69 Å². The number of hydrogen-bond donors (Lipinski definition) is 1. The first kappa shape index (κ1) is 19.2. The molecule has 1 aliphatic rings. The van der Waals surface area contributed by atoms with Gasteiger partial charge in [-0.05, 0) is 31.0 Å². The van der Waals surface area contributed by atoms with E-state index in [2.05, 4.69) is 31.1 Å². The minimum atomic E-state index is -0.332. The Morgan fingerprint density at radius 2 is 2.00 bits per heavy atom. The highest BCUT2D eigenvalue weighted by molar-refractivity contribution is 7.09. The van der Waals surface area contributed by atoms with Crippen LogP contribution in [0.15, 0.2) is 34.4 Å². The van der Waals surface area contributed by atoms with Crippen molar-refractivity contribution in [1.29, 1.82) is 0 Å². The lowest BCUT2D eigenvalue weighted by Crippen LogP contribution is -2.32. The molecule has 6 nitrogen and oxygen atoms in total. The van der Waals surface area contributed by atoms with Crippen molar-refractivity contribution >= 4 is 22.7 Å². The van der Waals surface area contributed by atoms with Gasteiger partial charge < -0.3 is 5.32 Å². The van der Waals surface area contributed by atoms with Crippen LogP contribution < -0.4 is 5.32 Å². The van der Waals surface area contributed by atoms with Crippen molar-refractivity contribution in [3.05, 3.63) is 66.9 Å². The van der Waals surface area contributed by atoms with Gasteiger partial charge in [0.05, 0.1) is 27.9 Å². The Balaban J connectivity index is 1.80. The quantitative estimate of drug-likeness (QED) is 0.620. The van der Waals surface area contributed by atoms with Crippen molar-refractivity contribution in [3.8, 4) is 0 Å². The first-order valence-electron chi connectivity index (χ1n) is 8.85. The number of nitrogens with zero attached hydrogens (tertiary/aromatic N) is 3. The number of benzene rings is 1. The zero-order valence-corrected chi connectivity index (χ0v) is 17.1. The van der Waals surface area contributed by atoms with Gasteiger partial charge in [0.2, 0.25) is 0 Å².